The quantitative estimate of drug-likeness (QED) is 0.571. The molecule has 0 aliphatic carbocycles. The number of benzene rings is 2. The van der Waals surface area contributed by atoms with Gasteiger partial charge >= 0.3 is 6.16 Å². The van der Waals surface area contributed by atoms with Crippen LogP contribution in [-0.2, 0) is 0 Å². The normalized spacial score (nSPS) is 10.8. The number of halogens is 3. The van der Waals surface area contributed by atoms with E-state index in [1.165, 1.54) is 12.1 Å². The zero-order chi connectivity index (χ0) is 17.4. The maximum Gasteiger partial charge on any atom is 0.511 e. The zero-order valence-electron chi connectivity index (χ0n) is 11.9. The van der Waals surface area contributed by atoms with Gasteiger partial charge in [0.05, 0.1) is 16.2 Å². The Morgan fingerprint density at radius 1 is 1.08 bits per heavy atom. The molecule has 0 aliphatic heterocycles. The van der Waals surface area contributed by atoms with Crippen LogP contribution in [0.1, 0.15) is 0 Å². The van der Waals surface area contributed by atoms with Crippen LogP contribution in [0.25, 0.3) is 22.2 Å². The Balaban J connectivity index is 2.37. The molecule has 0 radical (unpaired) electrons. The molecule has 1 aromatic heterocycles. The average Bonchev–Trinajstić information content (AvgIpc) is 2.51. The van der Waals surface area contributed by atoms with Gasteiger partial charge in [0.25, 0.3) is 0 Å². The number of hydrogen-bond acceptors (Lipinski definition) is 4. The molecule has 3 rings (SSSR count). The van der Waals surface area contributed by atoms with E-state index < -0.39 is 6.16 Å². The average molecular weight is 384 g/mol. The Hall–Kier alpha value is -2.21. The largest absolute Gasteiger partial charge is 0.511 e. The Kier molecular flexibility index (Phi) is 4.41. The number of rotatable bonds is 2. The van der Waals surface area contributed by atoms with Gasteiger partial charge in [-0.25, -0.2) is 9.78 Å². The molecule has 24 heavy (non-hydrogen) atoms. The second-order valence-corrected chi connectivity index (χ2v) is 6.14. The maximum absolute atomic E-state index is 11.0. The third kappa shape index (κ3) is 3.06. The van der Waals surface area contributed by atoms with Crippen molar-refractivity contribution >= 4 is 57.5 Å². The number of aromatic nitrogens is 1. The minimum atomic E-state index is -1.51. The van der Waals surface area contributed by atoms with Crippen molar-refractivity contribution in [1.29, 1.82) is 0 Å². The van der Waals surface area contributed by atoms with Crippen LogP contribution in [0.5, 0.6) is 5.75 Å². The van der Waals surface area contributed by atoms with Gasteiger partial charge in [0.2, 0.25) is 0 Å². The summed E-state index contributed by atoms with van der Waals surface area (Å²) in [5, 5.41) is 10.4. The molecular formula is C16H9Cl3N2O3. The summed E-state index contributed by atoms with van der Waals surface area (Å²) in [6, 6.07) is 9.76. The van der Waals surface area contributed by atoms with Gasteiger partial charge in [-0.1, -0.05) is 46.9 Å². The Morgan fingerprint density at radius 2 is 1.75 bits per heavy atom. The van der Waals surface area contributed by atoms with Gasteiger partial charge in [-0.2, -0.15) is 0 Å². The number of ether oxygens (including phenoxy) is 1. The van der Waals surface area contributed by atoms with Crippen molar-refractivity contribution in [1.82, 2.24) is 4.98 Å². The van der Waals surface area contributed by atoms with Crippen LogP contribution < -0.4 is 10.5 Å². The summed E-state index contributed by atoms with van der Waals surface area (Å²) in [6.45, 7) is 0. The highest BCUT2D eigenvalue weighted by Crippen LogP contribution is 2.41. The van der Waals surface area contributed by atoms with E-state index in [2.05, 4.69) is 4.98 Å². The van der Waals surface area contributed by atoms with E-state index in [4.69, 9.17) is 50.4 Å². The first-order chi connectivity index (χ1) is 11.4. The molecule has 5 nitrogen and oxygen atoms in total. The fourth-order valence-electron chi connectivity index (χ4n) is 2.30. The molecule has 0 unspecified atom stereocenters. The summed E-state index contributed by atoms with van der Waals surface area (Å²) in [5.41, 5.74) is 7.46. The van der Waals surface area contributed by atoms with Gasteiger partial charge in [-0.05, 0) is 24.3 Å². The monoisotopic (exact) mass is 382 g/mol. The molecule has 0 aliphatic rings. The Morgan fingerprint density at radius 3 is 2.38 bits per heavy atom. The highest BCUT2D eigenvalue weighted by molar-refractivity contribution is 6.38. The van der Waals surface area contributed by atoms with Crippen molar-refractivity contribution < 1.29 is 14.6 Å². The highest BCUT2D eigenvalue weighted by atomic mass is 35.5. The number of carbonyl (C=O) groups is 1. The second kappa shape index (κ2) is 6.36. The van der Waals surface area contributed by atoms with E-state index in [0.717, 1.165) is 0 Å². The number of hydrogen-bond donors (Lipinski definition) is 2. The molecule has 0 bridgehead atoms. The zero-order valence-corrected chi connectivity index (χ0v) is 14.2. The second-order valence-electron chi connectivity index (χ2n) is 4.86. The third-order valence-corrected chi connectivity index (χ3v) is 4.06. The van der Waals surface area contributed by atoms with Gasteiger partial charge in [0.1, 0.15) is 5.69 Å². The van der Waals surface area contributed by atoms with Crippen LogP contribution >= 0.6 is 34.8 Å². The van der Waals surface area contributed by atoms with E-state index in [9.17, 15) is 4.79 Å². The van der Waals surface area contributed by atoms with Gasteiger partial charge < -0.3 is 15.6 Å². The lowest BCUT2D eigenvalue weighted by atomic mass is 10.1. The summed E-state index contributed by atoms with van der Waals surface area (Å²) in [7, 11) is 0. The number of carboxylic acid groups (broad SMARTS) is 1. The van der Waals surface area contributed by atoms with Crippen LogP contribution in [0.3, 0.4) is 0 Å². The SMILES string of the molecule is Nc1c(-c2ccc(Cl)cc2)nc2c(Cl)cc(Cl)cc2c1OC(=O)O. The van der Waals surface area contributed by atoms with Crippen LogP contribution in [-0.4, -0.2) is 16.2 Å². The summed E-state index contributed by atoms with van der Waals surface area (Å²) in [4.78, 5) is 15.5. The Bertz CT molecular complexity index is 959. The molecule has 8 heteroatoms. The maximum atomic E-state index is 11.0. The highest BCUT2D eigenvalue weighted by Gasteiger charge is 2.20. The number of nitrogens with zero attached hydrogens (tertiary/aromatic N) is 1. The summed E-state index contributed by atoms with van der Waals surface area (Å²) in [5.74, 6) is -0.0677. The molecule has 2 aromatic carbocycles. The molecular weight excluding hydrogens is 375 g/mol. The lowest BCUT2D eigenvalue weighted by molar-refractivity contribution is 0.145. The molecule has 3 N–H and O–H groups in total. The van der Waals surface area contributed by atoms with Crippen molar-refractivity contribution in [2.45, 2.75) is 0 Å². The first-order valence-corrected chi connectivity index (χ1v) is 7.75. The number of pyridine rings is 1. The van der Waals surface area contributed by atoms with E-state index in [-0.39, 0.29) is 16.5 Å². The minimum absolute atomic E-state index is 0.0607. The number of fused-ring (bicyclic) bond motifs is 1. The van der Waals surface area contributed by atoms with Crippen molar-refractivity contribution in [2.24, 2.45) is 0 Å². The first kappa shape index (κ1) is 16.6. The van der Waals surface area contributed by atoms with Crippen molar-refractivity contribution in [3.05, 3.63) is 51.5 Å². The molecule has 122 valence electrons. The third-order valence-electron chi connectivity index (χ3n) is 3.30. The topological polar surface area (TPSA) is 85.4 Å². The molecule has 0 amide bonds. The van der Waals surface area contributed by atoms with E-state index in [1.54, 1.807) is 24.3 Å². The molecule has 0 saturated heterocycles. The Labute approximate surface area is 151 Å². The van der Waals surface area contributed by atoms with Crippen molar-refractivity contribution in [3.63, 3.8) is 0 Å². The van der Waals surface area contributed by atoms with E-state index in [1.807, 2.05) is 0 Å². The van der Waals surface area contributed by atoms with Gasteiger partial charge in [0.15, 0.2) is 5.75 Å². The van der Waals surface area contributed by atoms with E-state index >= 15 is 0 Å². The number of anilines is 1. The molecule has 0 spiro atoms. The molecule has 0 fully saturated rings. The number of nitrogen functional groups attached to an aromatic ring is 1. The van der Waals surface area contributed by atoms with Crippen molar-refractivity contribution in [2.75, 3.05) is 5.73 Å². The number of nitrogens with two attached hydrogens (primary N) is 1. The predicted molar refractivity (Wildman–Crippen MR) is 95.3 cm³/mol. The molecule has 3 aromatic rings. The lowest BCUT2D eigenvalue weighted by Crippen LogP contribution is -2.08. The van der Waals surface area contributed by atoms with E-state index in [0.29, 0.717) is 32.2 Å². The molecule has 0 atom stereocenters. The minimum Gasteiger partial charge on any atom is -0.449 e. The predicted octanol–water partition coefficient (Wildman–Crippen LogP) is 5.50. The van der Waals surface area contributed by atoms with Crippen LogP contribution in [0, 0.1) is 0 Å². The smallest absolute Gasteiger partial charge is 0.449 e. The van der Waals surface area contributed by atoms with Crippen LogP contribution in [0.15, 0.2) is 36.4 Å². The fraction of sp³-hybridized carbons (Fsp3) is 0. The van der Waals surface area contributed by atoms with Crippen LogP contribution in [0.4, 0.5) is 10.5 Å². The fourth-order valence-corrected chi connectivity index (χ4v) is 2.96. The molecule has 1 heterocycles. The summed E-state index contributed by atoms with van der Waals surface area (Å²) < 4.78 is 4.86. The van der Waals surface area contributed by atoms with Crippen LogP contribution in [0.2, 0.25) is 15.1 Å². The first-order valence-electron chi connectivity index (χ1n) is 6.61. The summed E-state index contributed by atoms with van der Waals surface area (Å²) >= 11 is 18.1. The van der Waals surface area contributed by atoms with Gasteiger partial charge in [0, 0.05) is 21.0 Å². The molecule has 0 saturated carbocycles. The van der Waals surface area contributed by atoms with Gasteiger partial charge in [-0.15, -0.1) is 0 Å². The van der Waals surface area contributed by atoms with Crippen molar-refractivity contribution in [3.8, 4) is 17.0 Å². The van der Waals surface area contributed by atoms with Gasteiger partial charge in [-0.3, -0.25) is 0 Å². The lowest BCUT2D eigenvalue weighted by Gasteiger charge is -2.14. The summed E-state index contributed by atoms with van der Waals surface area (Å²) in [6.07, 6.45) is -1.51. The standard InChI is InChI=1S/C16H9Cl3N2O3/c17-8-3-1-7(2-4-8)13-12(20)15(24-16(22)23)10-5-9(18)6-11(19)14(10)21-13/h1-6H,20H2,(H,22,23).